The van der Waals surface area contributed by atoms with Gasteiger partial charge in [0.1, 0.15) is 0 Å². The summed E-state index contributed by atoms with van der Waals surface area (Å²) in [5.74, 6) is -0.206. The van der Waals surface area contributed by atoms with E-state index in [0.717, 1.165) is 18.6 Å². The molecule has 0 amide bonds. The van der Waals surface area contributed by atoms with Gasteiger partial charge in [0.15, 0.2) is 0 Å². The number of aliphatic hydroxyl groups is 1. The van der Waals surface area contributed by atoms with Gasteiger partial charge in [-0.05, 0) is 37.2 Å². The predicted molar refractivity (Wildman–Crippen MR) is 87.5 cm³/mol. The largest absolute Gasteiger partial charge is 0.501 e. The highest BCUT2D eigenvalue weighted by Crippen LogP contribution is 2.40. The second kappa shape index (κ2) is 8.56. The molecule has 0 unspecified atom stereocenters. The number of methoxy groups -OCH3 is 1. The molecule has 1 rings (SSSR count). The van der Waals surface area contributed by atoms with E-state index in [1.54, 1.807) is 7.11 Å². The standard InChI is InChI=1S/C18H32O4/c1-5-6-10-18(2,3)11-9-16(22-4)13-7-8-15(19)14(13)12-17(20)21/h9,13-15,19H,5-8,10-12H2,1-4H3,(H,20,21)/t13-,14+,15-/m0/s1. The molecular weight excluding hydrogens is 280 g/mol. The molecule has 0 aromatic carbocycles. The van der Waals surface area contributed by atoms with Gasteiger partial charge in [0.05, 0.1) is 25.4 Å². The highest BCUT2D eigenvalue weighted by molar-refractivity contribution is 5.67. The van der Waals surface area contributed by atoms with Crippen molar-refractivity contribution in [2.45, 2.75) is 71.8 Å². The number of aliphatic carboxylic acids is 1. The van der Waals surface area contributed by atoms with E-state index in [2.05, 4.69) is 26.8 Å². The topological polar surface area (TPSA) is 66.8 Å². The zero-order valence-electron chi connectivity index (χ0n) is 14.5. The summed E-state index contributed by atoms with van der Waals surface area (Å²) >= 11 is 0. The van der Waals surface area contributed by atoms with Gasteiger partial charge in [-0.15, -0.1) is 0 Å². The Morgan fingerprint density at radius 2 is 2.05 bits per heavy atom. The molecule has 1 aliphatic rings. The zero-order valence-corrected chi connectivity index (χ0v) is 14.5. The molecule has 0 aromatic heterocycles. The van der Waals surface area contributed by atoms with Crippen LogP contribution in [0.2, 0.25) is 0 Å². The van der Waals surface area contributed by atoms with E-state index >= 15 is 0 Å². The van der Waals surface area contributed by atoms with Gasteiger partial charge in [0.25, 0.3) is 0 Å². The Morgan fingerprint density at radius 1 is 1.36 bits per heavy atom. The molecule has 0 aliphatic heterocycles. The Bertz CT molecular complexity index is 387. The Kier molecular flexibility index (Phi) is 7.40. The maximum absolute atomic E-state index is 11.0. The Morgan fingerprint density at radius 3 is 2.59 bits per heavy atom. The van der Waals surface area contributed by atoms with Gasteiger partial charge in [0.2, 0.25) is 0 Å². The Labute approximate surface area is 134 Å². The number of unbranched alkanes of at least 4 members (excludes halogenated alkanes) is 1. The molecule has 0 heterocycles. The van der Waals surface area contributed by atoms with Crippen molar-refractivity contribution in [2.75, 3.05) is 7.11 Å². The second-order valence-corrected chi connectivity index (χ2v) is 7.30. The number of allylic oxidation sites excluding steroid dienone is 2. The summed E-state index contributed by atoms with van der Waals surface area (Å²) in [5, 5.41) is 19.1. The molecule has 0 spiro atoms. The van der Waals surface area contributed by atoms with Gasteiger partial charge in [-0.2, -0.15) is 0 Å². The molecule has 128 valence electrons. The molecule has 0 saturated heterocycles. The molecule has 3 atom stereocenters. The minimum Gasteiger partial charge on any atom is -0.501 e. The fourth-order valence-electron chi connectivity index (χ4n) is 3.40. The van der Waals surface area contributed by atoms with Crippen molar-refractivity contribution in [1.29, 1.82) is 0 Å². The second-order valence-electron chi connectivity index (χ2n) is 7.30. The van der Waals surface area contributed by atoms with E-state index < -0.39 is 12.1 Å². The van der Waals surface area contributed by atoms with Crippen molar-refractivity contribution in [3.05, 3.63) is 11.8 Å². The maximum atomic E-state index is 11.0. The van der Waals surface area contributed by atoms with E-state index in [1.165, 1.54) is 19.3 Å². The monoisotopic (exact) mass is 312 g/mol. The number of carboxylic acids is 1. The SMILES string of the molecule is CCCCC(C)(C)CC=C(OC)[C@H]1CC[C@H](O)[C@@H]1CC(=O)O. The van der Waals surface area contributed by atoms with Gasteiger partial charge in [-0.1, -0.05) is 33.6 Å². The smallest absolute Gasteiger partial charge is 0.303 e. The molecule has 0 aromatic rings. The first-order chi connectivity index (χ1) is 10.3. The van der Waals surface area contributed by atoms with Crippen molar-refractivity contribution in [1.82, 2.24) is 0 Å². The summed E-state index contributed by atoms with van der Waals surface area (Å²) in [4.78, 5) is 11.0. The molecular formula is C18H32O4. The molecule has 22 heavy (non-hydrogen) atoms. The lowest BCUT2D eigenvalue weighted by molar-refractivity contribution is -0.139. The van der Waals surface area contributed by atoms with Crippen molar-refractivity contribution in [3.8, 4) is 0 Å². The minimum atomic E-state index is -0.852. The summed E-state index contributed by atoms with van der Waals surface area (Å²) in [6.45, 7) is 6.71. The summed E-state index contributed by atoms with van der Waals surface area (Å²) < 4.78 is 5.55. The van der Waals surface area contributed by atoms with E-state index in [4.69, 9.17) is 9.84 Å². The van der Waals surface area contributed by atoms with Crippen LogP contribution in [0.25, 0.3) is 0 Å². The van der Waals surface area contributed by atoms with Crippen molar-refractivity contribution in [3.63, 3.8) is 0 Å². The normalized spacial score (nSPS) is 26.2. The minimum absolute atomic E-state index is 0.00572. The van der Waals surface area contributed by atoms with E-state index in [-0.39, 0.29) is 23.7 Å². The van der Waals surface area contributed by atoms with Crippen LogP contribution in [0, 0.1) is 17.3 Å². The molecule has 1 aliphatic carbocycles. The summed E-state index contributed by atoms with van der Waals surface area (Å²) in [6.07, 6.45) is 7.54. The van der Waals surface area contributed by atoms with E-state index in [0.29, 0.717) is 6.42 Å². The average molecular weight is 312 g/mol. The molecule has 4 nitrogen and oxygen atoms in total. The number of hydrogen-bond acceptors (Lipinski definition) is 3. The third kappa shape index (κ3) is 5.64. The first-order valence-corrected chi connectivity index (χ1v) is 8.44. The lowest BCUT2D eigenvalue weighted by Gasteiger charge is -2.26. The molecule has 1 saturated carbocycles. The highest BCUT2D eigenvalue weighted by atomic mass is 16.5. The number of hydrogen-bond donors (Lipinski definition) is 2. The fraction of sp³-hybridized carbons (Fsp3) is 0.833. The van der Waals surface area contributed by atoms with Crippen LogP contribution in [0.5, 0.6) is 0 Å². The van der Waals surface area contributed by atoms with Crippen LogP contribution in [0.4, 0.5) is 0 Å². The third-order valence-corrected chi connectivity index (χ3v) is 4.86. The number of rotatable bonds is 9. The number of carbonyl (C=O) groups is 1. The van der Waals surface area contributed by atoms with Gasteiger partial charge in [-0.3, -0.25) is 4.79 Å². The van der Waals surface area contributed by atoms with E-state index in [9.17, 15) is 9.90 Å². The quantitative estimate of drug-likeness (QED) is 0.632. The number of carboxylic acid groups (broad SMARTS) is 1. The van der Waals surface area contributed by atoms with Crippen LogP contribution < -0.4 is 0 Å². The summed E-state index contributed by atoms with van der Waals surface area (Å²) in [7, 11) is 1.65. The molecule has 2 N–H and O–H groups in total. The fourth-order valence-corrected chi connectivity index (χ4v) is 3.40. The maximum Gasteiger partial charge on any atom is 0.303 e. The van der Waals surface area contributed by atoms with Gasteiger partial charge in [0, 0.05) is 11.8 Å². The molecule has 1 fully saturated rings. The van der Waals surface area contributed by atoms with Crippen molar-refractivity contribution in [2.24, 2.45) is 17.3 Å². The Hall–Kier alpha value is -1.03. The predicted octanol–water partition coefficient (Wildman–Crippen LogP) is 3.99. The molecule has 4 heteroatoms. The van der Waals surface area contributed by atoms with Crippen LogP contribution in [-0.2, 0) is 9.53 Å². The molecule has 0 radical (unpaired) electrons. The van der Waals surface area contributed by atoms with Crippen molar-refractivity contribution >= 4 is 5.97 Å². The summed E-state index contributed by atoms with van der Waals surface area (Å²) in [6, 6.07) is 0. The van der Waals surface area contributed by atoms with Crippen LogP contribution in [0.3, 0.4) is 0 Å². The van der Waals surface area contributed by atoms with E-state index in [1.807, 2.05) is 0 Å². The molecule has 0 bridgehead atoms. The van der Waals surface area contributed by atoms with Gasteiger partial charge < -0.3 is 14.9 Å². The Balaban J connectivity index is 2.76. The van der Waals surface area contributed by atoms with Gasteiger partial charge >= 0.3 is 5.97 Å². The lowest BCUT2D eigenvalue weighted by Crippen LogP contribution is -2.24. The average Bonchev–Trinajstić information content (AvgIpc) is 2.79. The lowest BCUT2D eigenvalue weighted by atomic mass is 9.82. The van der Waals surface area contributed by atoms with Crippen LogP contribution >= 0.6 is 0 Å². The first kappa shape index (κ1) is 19.0. The van der Waals surface area contributed by atoms with Crippen LogP contribution in [0.1, 0.15) is 65.7 Å². The van der Waals surface area contributed by atoms with Crippen LogP contribution in [-0.4, -0.2) is 29.4 Å². The first-order valence-electron chi connectivity index (χ1n) is 8.44. The van der Waals surface area contributed by atoms with Crippen LogP contribution in [0.15, 0.2) is 11.8 Å². The van der Waals surface area contributed by atoms with Crippen molar-refractivity contribution < 1.29 is 19.7 Å². The number of aliphatic hydroxyl groups excluding tert-OH is 1. The zero-order chi connectivity index (χ0) is 16.8. The third-order valence-electron chi connectivity index (χ3n) is 4.86. The highest BCUT2D eigenvalue weighted by Gasteiger charge is 2.39. The van der Waals surface area contributed by atoms with Gasteiger partial charge in [-0.25, -0.2) is 0 Å². The summed E-state index contributed by atoms with van der Waals surface area (Å²) in [5.41, 5.74) is 0.222. The number of ether oxygens (including phenoxy) is 1.